The summed E-state index contributed by atoms with van der Waals surface area (Å²) >= 11 is 0. The number of hydrogen-bond donors (Lipinski definition) is 0. The first-order valence-corrected chi connectivity index (χ1v) is 17.9. The maximum absolute atomic E-state index is 6.76. The molecule has 0 bridgehead atoms. The summed E-state index contributed by atoms with van der Waals surface area (Å²) in [6, 6.07) is 57.4. The lowest BCUT2D eigenvalue weighted by atomic mass is 9.92. The zero-order valence-electron chi connectivity index (χ0n) is 28.8. The van der Waals surface area contributed by atoms with Crippen LogP contribution in [0.15, 0.2) is 179 Å². The first-order valence-electron chi connectivity index (χ1n) is 17.9. The molecule has 54 heavy (non-hydrogen) atoms. The third-order valence-corrected chi connectivity index (χ3v) is 10.1. The Bertz CT molecular complexity index is 3220. The van der Waals surface area contributed by atoms with Crippen LogP contribution in [0.1, 0.15) is 0 Å². The largest absolute Gasteiger partial charge is 0.456 e. The molecule has 0 radical (unpaired) electrons. The monoisotopic (exact) mass is 692 g/mol. The van der Waals surface area contributed by atoms with E-state index in [0.29, 0.717) is 17.5 Å². The summed E-state index contributed by atoms with van der Waals surface area (Å²) in [6.07, 6.45) is 0. The van der Waals surface area contributed by atoms with Crippen LogP contribution in [-0.4, -0.2) is 19.9 Å². The van der Waals surface area contributed by atoms with Crippen LogP contribution in [0, 0.1) is 0 Å². The van der Waals surface area contributed by atoms with E-state index >= 15 is 0 Å². The molecule has 0 aliphatic carbocycles. The van der Waals surface area contributed by atoms with Crippen LogP contribution in [0.3, 0.4) is 0 Å². The van der Waals surface area contributed by atoms with Crippen LogP contribution in [0.5, 0.6) is 0 Å². The average Bonchev–Trinajstić information content (AvgIpc) is 3.81. The van der Waals surface area contributed by atoms with E-state index in [1.54, 1.807) is 0 Å². The Kier molecular flexibility index (Phi) is 6.75. The molecule has 11 aromatic rings. The van der Waals surface area contributed by atoms with E-state index in [1.807, 2.05) is 91.0 Å². The fourth-order valence-electron chi connectivity index (χ4n) is 7.66. The third-order valence-electron chi connectivity index (χ3n) is 10.1. The highest BCUT2D eigenvalue weighted by Crippen LogP contribution is 2.44. The van der Waals surface area contributed by atoms with Gasteiger partial charge < -0.3 is 8.83 Å². The van der Waals surface area contributed by atoms with Crippen molar-refractivity contribution in [1.29, 1.82) is 0 Å². The van der Waals surface area contributed by atoms with E-state index in [-0.39, 0.29) is 0 Å². The number of benzene rings is 7. The predicted octanol–water partition coefficient (Wildman–Crippen LogP) is 12.6. The molecule has 0 spiro atoms. The van der Waals surface area contributed by atoms with Gasteiger partial charge in [-0.1, -0.05) is 140 Å². The number of hydrogen-bond acceptors (Lipinski definition) is 6. The molecule has 0 amide bonds. The first-order chi connectivity index (χ1) is 26.8. The summed E-state index contributed by atoms with van der Waals surface area (Å²) in [6.45, 7) is 0. The molecular weight excluding hydrogens is 665 g/mol. The van der Waals surface area contributed by atoms with Gasteiger partial charge in [0.2, 0.25) is 0 Å². The van der Waals surface area contributed by atoms with Gasteiger partial charge in [0.05, 0.1) is 10.9 Å². The molecule has 7 aromatic carbocycles. The van der Waals surface area contributed by atoms with E-state index in [0.717, 1.165) is 93.9 Å². The van der Waals surface area contributed by atoms with Crippen LogP contribution < -0.4 is 0 Å². The molecular formula is C48H28N4O2. The lowest BCUT2D eigenvalue weighted by Crippen LogP contribution is -2.01. The Morgan fingerprint density at radius 3 is 1.83 bits per heavy atom. The highest BCUT2D eigenvalue weighted by molar-refractivity contribution is 6.17. The number of nitrogens with zero attached hydrogens (tertiary/aromatic N) is 4. The van der Waals surface area contributed by atoms with Gasteiger partial charge >= 0.3 is 0 Å². The summed E-state index contributed by atoms with van der Waals surface area (Å²) in [5.74, 6) is 1.71. The van der Waals surface area contributed by atoms with Crippen molar-refractivity contribution in [2.24, 2.45) is 0 Å². The van der Waals surface area contributed by atoms with Gasteiger partial charge in [0, 0.05) is 38.4 Å². The number of rotatable bonds is 5. The Hall–Kier alpha value is -7.44. The van der Waals surface area contributed by atoms with Crippen LogP contribution in [0.4, 0.5) is 0 Å². The van der Waals surface area contributed by atoms with Crippen molar-refractivity contribution in [2.45, 2.75) is 0 Å². The molecule has 0 unspecified atom stereocenters. The summed E-state index contributed by atoms with van der Waals surface area (Å²) in [5.41, 5.74) is 11.5. The molecule has 4 heterocycles. The topological polar surface area (TPSA) is 77.8 Å². The molecule has 0 aliphatic rings. The number of para-hydroxylation sites is 2. The molecule has 6 heteroatoms. The molecule has 0 N–H and O–H groups in total. The summed E-state index contributed by atoms with van der Waals surface area (Å²) in [5, 5.41) is 3.95. The van der Waals surface area contributed by atoms with Crippen LogP contribution in [0.25, 0.3) is 111 Å². The molecule has 0 atom stereocenters. The molecule has 11 rings (SSSR count). The Morgan fingerprint density at radius 2 is 0.981 bits per heavy atom. The second-order valence-corrected chi connectivity index (χ2v) is 13.4. The molecule has 0 fully saturated rings. The fraction of sp³-hybridized carbons (Fsp3) is 0. The van der Waals surface area contributed by atoms with E-state index in [2.05, 4.69) is 78.9 Å². The summed E-state index contributed by atoms with van der Waals surface area (Å²) in [4.78, 5) is 20.7. The predicted molar refractivity (Wildman–Crippen MR) is 217 cm³/mol. The number of pyridine rings is 1. The van der Waals surface area contributed by atoms with Crippen molar-refractivity contribution < 1.29 is 8.83 Å². The van der Waals surface area contributed by atoms with Crippen molar-refractivity contribution in [3.8, 4) is 56.4 Å². The van der Waals surface area contributed by atoms with Gasteiger partial charge in [-0.25, -0.2) is 19.9 Å². The second kappa shape index (κ2) is 12.1. The molecule has 0 aliphatic heterocycles. The zero-order chi connectivity index (χ0) is 35.6. The molecule has 252 valence electrons. The maximum Gasteiger partial charge on any atom is 0.164 e. The van der Waals surface area contributed by atoms with Gasteiger partial charge in [0.25, 0.3) is 0 Å². The van der Waals surface area contributed by atoms with Crippen LogP contribution >= 0.6 is 0 Å². The van der Waals surface area contributed by atoms with E-state index in [9.17, 15) is 0 Å². The van der Waals surface area contributed by atoms with E-state index in [4.69, 9.17) is 28.8 Å². The van der Waals surface area contributed by atoms with Crippen LogP contribution in [0.2, 0.25) is 0 Å². The highest BCUT2D eigenvalue weighted by Gasteiger charge is 2.23. The second-order valence-electron chi connectivity index (χ2n) is 13.4. The lowest BCUT2D eigenvalue weighted by Gasteiger charge is -2.14. The minimum atomic E-state index is 0.561. The smallest absolute Gasteiger partial charge is 0.164 e. The fourth-order valence-corrected chi connectivity index (χ4v) is 7.66. The van der Waals surface area contributed by atoms with Crippen molar-refractivity contribution in [1.82, 2.24) is 19.9 Å². The van der Waals surface area contributed by atoms with Gasteiger partial charge in [-0.3, -0.25) is 0 Å². The van der Waals surface area contributed by atoms with Gasteiger partial charge in [0.1, 0.15) is 22.3 Å². The number of furan rings is 2. The van der Waals surface area contributed by atoms with Crippen molar-refractivity contribution in [3.63, 3.8) is 0 Å². The highest BCUT2D eigenvalue weighted by atomic mass is 16.3. The first kappa shape index (κ1) is 30.2. The molecule has 0 saturated carbocycles. The molecule has 0 saturated heterocycles. The molecule has 6 nitrogen and oxygen atoms in total. The van der Waals surface area contributed by atoms with Crippen molar-refractivity contribution in [3.05, 3.63) is 170 Å². The Labute approximate surface area is 309 Å². The van der Waals surface area contributed by atoms with Crippen molar-refractivity contribution >= 4 is 54.9 Å². The summed E-state index contributed by atoms with van der Waals surface area (Å²) < 4.78 is 13.0. The maximum atomic E-state index is 6.76. The molecule has 4 aromatic heterocycles. The lowest BCUT2D eigenvalue weighted by molar-refractivity contribution is 0.669. The standard InChI is InChI=1S/C48H28N4O2/c1-3-14-29(15-4-1)32-26-27-34(43-44-41(54-45(32)43)28-31-18-7-11-23-38(31)49-44)33-19-8-9-20-35(33)47-50-46(30-16-5-2-6-17-30)51-48(52-47)37-22-13-25-40-42(37)36-21-10-12-24-39(36)53-40/h1-28H. The minimum absolute atomic E-state index is 0.561. The van der Waals surface area contributed by atoms with Gasteiger partial charge in [-0.2, -0.15) is 0 Å². The zero-order valence-corrected chi connectivity index (χ0v) is 28.8. The van der Waals surface area contributed by atoms with Crippen molar-refractivity contribution in [2.75, 3.05) is 0 Å². The quantitative estimate of drug-likeness (QED) is 0.179. The number of aromatic nitrogens is 4. The third kappa shape index (κ3) is 4.81. The average molecular weight is 693 g/mol. The van der Waals surface area contributed by atoms with Gasteiger partial charge in [-0.15, -0.1) is 0 Å². The van der Waals surface area contributed by atoms with Gasteiger partial charge in [0.15, 0.2) is 23.1 Å². The van der Waals surface area contributed by atoms with Gasteiger partial charge in [-0.05, 0) is 47.0 Å². The van der Waals surface area contributed by atoms with E-state index in [1.165, 1.54) is 0 Å². The number of fused-ring (bicyclic) bond motifs is 7. The summed E-state index contributed by atoms with van der Waals surface area (Å²) in [7, 11) is 0. The SMILES string of the molecule is c1ccc(-c2nc(-c3ccccc3-c3ccc(-c4ccccc4)c4oc5cc6ccccc6nc5c34)nc(-c3cccc4oc5ccccc5c34)n2)cc1. The van der Waals surface area contributed by atoms with E-state index < -0.39 is 0 Å². The normalized spacial score (nSPS) is 11.7. The Morgan fingerprint density at radius 1 is 0.352 bits per heavy atom. The van der Waals surface area contributed by atoms with Crippen LogP contribution in [-0.2, 0) is 0 Å². The minimum Gasteiger partial charge on any atom is -0.456 e. The Balaban J connectivity index is 1.19.